The lowest BCUT2D eigenvalue weighted by Crippen LogP contribution is -2.20. The summed E-state index contributed by atoms with van der Waals surface area (Å²) in [7, 11) is 0. The summed E-state index contributed by atoms with van der Waals surface area (Å²) in [5.74, 6) is 0. The zero-order chi connectivity index (χ0) is 14.2. The summed E-state index contributed by atoms with van der Waals surface area (Å²) in [5.41, 5.74) is 2.56. The van der Waals surface area contributed by atoms with Crippen molar-refractivity contribution in [2.45, 2.75) is 58.4 Å². The molecule has 1 unspecified atom stereocenters. The number of hydrogen-bond donors (Lipinski definition) is 1. The van der Waals surface area contributed by atoms with Crippen LogP contribution in [0.5, 0.6) is 0 Å². The van der Waals surface area contributed by atoms with Gasteiger partial charge in [0.25, 0.3) is 0 Å². The third-order valence-corrected chi connectivity index (χ3v) is 3.88. The fourth-order valence-corrected chi connectivity index (χ4v) is 2.79. The van der Waals surface area contributed by atoms with Crippen molar-refractivity contribution in [2.24, 2.45) is 0 Å². The molecular weight excluding hydrogens is 246 g/mol. The van der Waals surface area contributed by atoms with E-state index < -0.39 is 0 Å². The standard InChI is InChI=1S/C17H27N3/c1-3-5-6-7-8-11-16(18-4-2)15-14-19-20-13-10-9-12-17(15)20/h9-10,12-14,16,18H,3-8,11H2,1-2H3. The number of aromatic nitrogens is 2. The van der Waals surface area contributed by atoms with Gasteiger partial charge in [0.2, 0.25) is 0 Å². The maximum atomic E-state index is 4.46. The summed E-state index contributed by atoms with van der Waals surface area (Å²) in [5, 5.41) is 8.07. The Kier molecular flexibility index (Phi) is 6.06. The van der Waals surface area contributed by atoms with Gasteiger partial charge in [0, 0.05) is 17.8 Å². The van der Waals surface area contributed by atoms with Crippen LogP contribution in [-0.4, -0.2) is 16.2 Å². The van der Waals surface area contributed by atoms with Crippen LogP contribution >= 0.6 is 0 Å². The van der Waals surface area contributed by atoms with Gasteiger partial charge >= 0.3 is 0 Å². The first-order valence-corrected chi connectivity index (χ1v) is 8.02. The van der Waals surface area contributed by atoms with E-state index in [0.29, 0.717) is 6.04 Å². The van der Waals surface area contributed by atoms with Crippen molar-refractivity contribution in [2.75, 3.05) is 6.54 Å². The number of nitrogens with zero attached hydrogens (tertiary/aromatic N) is 2. The Bertz CT molecular complexity index is 504. The van der Waals surface area contributed by atoms with Crippen LogP contribution < -0.4 is 5.32 Å². The molecular formula is C17H27N3. The minimum atomic E-state index is 0.432. The zero-order valence-electron chi connectivity index (χ0n) is 12.8. The molecule has 110 valence electrons. The number of rotatable bonds is 9. The second-order valence-electron chi connectivity index (χ2n) is 5.44. The van der Waals surface area contributed by atoms with Crippen LogP contribution in [0.3, 0.4) is 0 Å². The smallest absolute Gasteiger partial charge is 0.0709 e. The molecule has 0 aliphatic rings. The lowest BCUT2D eigenvalue weighted by molar-refractivity contribution is 0.481. The lowest BCUT2D eigenvalue weighted by Gasteiger charge is -2.17. The monoisotopic (exact) mass is 273 g/mol. The van der Waals surface area contributed by atoms with Crippen LogP contribution in [0.25, 0.3) is 5.52 Å². The summed E-state index contributed by atoms with van der Waals surface area (Å²) in [6.45, 7) is 5.44. The number of nitrogens with one attached hydrogen (secondary N) is 1. The van der Waals surface area contributed by atoms with E-state index >= 15 is 0 Å². The Hall–Kier alpha value is -1.35. The summed E-state index contributed by atoms with van der Waals surface area (Å²) in [6.07, 6.45) is 11.9. The highest BCUT2D eigenvalue weighted by Gasteiger charge is 2.14. The first-order valence-electron chi connectivity index (χ1n) is 8.02. The molecule has 2 rings (SSSR count). The average Bonchev–Trinajstić information content (AvgIpc) is 2.90. The van der Waals surface area contributed by atoms with E-state index in [-0.39, 0.29) is 0 Å². The van der Waals surface area contributed by atoms with Crippen LogP contribution in [0.15, 0.2) is 30.6 Å². The van der Waals surface area contributed by atoms with Gasteiger partial charge in [0.1, 0.15) is 0 Å². The number of unbranched alkanes of at least 4 members (excludes halogenated alkanes) is 4. The minimum Gasteiger partial charge on any atom is -0.310 e. The molecule has 0 bridgehead atoms. The highest BCUT2D eigenvalue weighted by molar-refractivity contribution is 5.54. The molecule has 0 aromatic carbocycles. The molecule has 3 heteroatoms. The van der Waals surface area contributed by atoms with Crippen molar-refractivity contribution in [3.8, 4) is 0 Å². The van der Waals surface area contributed by atoms with Gasteiger partial charge in [-0.3, -0.25) is 0 Å². The normalized spacial score (nSPS) is 12.9. The zero-order valence-corrected chi connectivity index (χ0v) is 12.8. The molecule has 3 nitrogen and oxygen atoms in total. The number of fused-ring (bicyclic) bond motifs is 1. The second-order valence-corrected chi connectivity index (χ2v) is 5.44. The van der Waals surface area contributed by atoms with Crippen LogP contribution in [-0.2, 0) is 0 Å². The molecule has 0 saturated carbocycles. The molecule has 0 saturated heterocycles. The summed E-state index contributed by atoms with van der Waals surface area (Å²) < 4.78 is 1.97. The van der Waals surface area contributed by atoms with E-state index in [1.54, 1.807) is 0 Å². The van der Waals surface area contributed by atoms with Crippen molar-refractivity contribution >= 4 is 5.52 Å². The van der Waals surface area contributed by atoms with E-state index in [0.717, 1.165) is 6.54 Å². The van der Waals surface area contributed by atoms with Gasteiger partial charge in [0.15, 0.2) is 0 Å². The molecule has 0 spiro atoms. The highest BCUT2D eigenvalue weighted by Crippen LogP contribution is 2.24. The van der Waals surface area contributed by atoms with Crippen molar-refractivity contribution in [1.29, 1.82) is 0 Å². The Balaban J connectivity index is 2.00. The Morgan fingerprint density at radius 1 is 1.15 bits per heavy atom. The second kappa shape index (κ2) is 8.05. The van der Waals surface area contributed by atoms with Gasteiger partial charge in [-0.1, -0.05) is 52.0 Å². The maximum absolute atomic E-state index is 4.46. The first kappa shape index (κ1) is 15.0. The van der Waals surface area contributed by atoms with Crippen LogP contribution in [0.1, 0.15) is 64.0 Å². The van der Waals surface area contributed by atoms with E-state index in [1.165, 1.54) is 49.6 Å². The van der Waals surface area contributed by atoms with Crippen molar-refractivity contribution in [1.82, 2.24) is 14.9 Å². The Morgan fingerprint density at radius 2 is 2.00 bits per heavy atom. The molecule has 0 fully saturated rings. The summed E-state index contributed by atoms with van der Waals surface area (Å²) in [4.78, 5) is 0. The fraction of sp³-hybridized carbons (Fsp3) is 0.588. The number of hydrogen-bond acceptors (Lipinski definition) is 2. The van der Waals surface area contributed by atoms with Gasteiger partial charge in [0.05, 0.1) is 11.7 Å². The minimum absolute atomic E-state index is 0.432. The molecule has 0 radical (unpaired) electrons. The predicted molar refractivity (Wildman–Crippen MR) is 85.0 cm³/mol. The lowest BCUT2D eigenvalue weighted by atomic mass is 10.0. The molecule has 0 amide bonds. The molecule has 0 aliphatic carbocycles. The van der Waals surface area contributed by atoms with Gasteiger partial charge in [-0.05, 0) is 25.1 Å². The molecule has 2 heterocycles. The van der Waals surface area contributed by atoms with Gasteiger partial charge < -0.3 is 5.32 Å². The van der Waals surface area contributed by atoms with Gasteiger partial charge in [-0.25, -0.2) is 4.52 Å². The van der Waals surface area contributed by atoms with Gasteiger partial charge in [-0.2, -0.15) is 5.10 Å². The SMILES string of the molecule is CCCCCCCC(NCC)c1cnn2ccccc12. The Morgan fingerprint density at radius 3 is 2.80 bits per heavy atom. The van der Waals surface area contributed by atoms with Crippen LogP contribution in [0.2, 0.25) is 0 Å². The van der Waals surface area contributed by atoms with Crippen LogP contribution in [0.4, 0.5) is 0 Å². The largest absolute Gasteiger partial charge is 0.310 e. The number of pyridine rings is 1. The van der Waals surface area contributed by atoms with Gasteiger partial charge in [-0.15, -0.1) is 0 Å². The van der Waals surface area contributed by atoms with Crippen LogP contribution in [0, 0.1) is 0 Å². The van der Waals surface area contributed by atoms with E-state index in [9.17, 15) is 0 Å². The van der Waals surface area contributed by atoms with E-state index in [4.69, 9.17) is 0 Å². The average molecular weight is 273 g/mol. The summed E-state index contributed by atoms with van der Waals surface area (Å²) >= 11 is 0. The third-order valence-electron chi connectivity index (χ3n) is 3.88. The maximum Gasteiger partial charge on any atom is 0.0709 e. The quantitative estimate of drug-likeness (QED) is 0.688. The van der Waals surface area contributed by atoms with Crippen molar-refractivity contribution in [3.63, 3.8) is 0 Å². The molecule has 0 aliphatic heterocycles. The Labute approximate surface area is 122 Å². The predicted octanol–water partition coefficient (Wildman–Crippen LogP) is 4.35. The van der Waals surface area contributed by atoms with Crippen molar-refractivity contribution in [3.05, 3.63) is 36.2 Å². The molecule has 20 heavy (non-hydrogen) atoms. The van der Waals surface area contributed by atoms with E-state index in [1.807, 2.05) is 23.0 Å². The highest BCUT2D eigenvalue weighted by atomic mass is 15.2. The molecule has 2 aromatic rings. The molecule has 1 N–H and O–H groups in total. The first-order chi connectivity index (χ1) is 9.86. The molecule has 2 aromatic heterocycles. The van der Waals surface area contributed by atoms with Crippen molar-refractivity contribution < 1.29 is 0 Å². The molecule has 1 atom stereocenters. The third kappa shape index (κ3) is 3.83. The topological polar surface area (TPSA) is 29.3 Å². The van der Waals surface area contributed by atoms with E-state index in [2.05, 4.69) is 36.4 Å². The fourth-order valence-electron chi connectivity index (χ4n) is 2.79. The summed E-state index contributed by atoms with van der Waals surface area (Å²) in [6, 6.07) is 6.70.